The van der Waals surface area contributed by atoms with Gasteiger partial charge in [0.05, 0.1) is 14.2 Å². The third-order valence-corrected chi connectivity index (χ3v) is 5.18. The van der Waals surface area contributed by atoms with E-state index in [1.165, 1.54) is 10.9 Å². The molecule has 142 valence electrons. The number of nitrogens with zero attached hydrogens (tertiary/aromatic N) is 4. The Morgan fingerprint density at radius 3 is 2.41 bits per heavy atom. The van der Waals surface area contributed by atoms with Crippen LogP contribution in [0.5, 0.6) is 11.5 Å². The molecule has 1 aliphatic heterocycles. The van der Waals surface area contributed by atoms with Crippen molar-refractivity contribution in [3.63, 3.8) is 0 Å². The van der Waals surface area contributed by atoms with Gasteiger partial charge in [-0.15, -0.1) is 0 Å². The van der Waals surface area contributed by atoms with Crippen molar-refractivity contribution in [2.75, 3.05) is 51.8 Å². The van der Waals surface area contributed by atoms with Crippen molar-refractivity contribution < 1.29 is 9.47 Å². The molecule has 7 nitrogen and oxygen atoms in total. The highest BCUT2D eigenvalue weighted by Gasteiger charge is 2.19. The van der Waals surface area contributed by atoms with Crippen molar-refractivity contribution in [1.82, 2.24) is 19.9 Å². The predicted molar refractivity (Wildman–Crippen MR) is 106 cm³/mol. The van der Waals surface area contributed by atoms with Crippen LogP contribution in [0.3, 0.4) is 0 Å². The normalized spacial score (nSPS) is 15.3. The third-order valence-electron chi connectivity index (χ3n) is 5.18. The number of fused-ring (bicyclic) bond motifs is 1. The SMILES string of the molecule is COc1cc2[nH]cc(CCN3CCN(c4ncccn4)CC3)c2cc1OC. The Morgan fingerprint density at radius 2 is 1.70 bits per heavy atom. The van der Waals surface area contributed by atoms with Crippen LogP contribution < -0.4 is 14.4 Å². The van der Waals surface area contributed by atoms with Crippen LogP contribution in [-0.4, -0.2) is 66.8 Å². The zero-order valence-corrected chi connectivity index (χ0v) is 15.8. The van der Waals surface area contributed by atoms with Gasteiger partial charge in [-0.2, -0.15) is 0 Å². The van der Waals surface area contributed by atoms with Gasteiger partial charge >= 0.3 is 0 Å². The van der Waals surface area contributed by atoms with Gasteiger partial charge in [0.1, 0.15) is 0 Å². The van der Waals surface area contributed by atoms with Gasteiger partial charge in [0, 0.05) is 68.3 Å². The van der Waals surface area contributed by atoms with E-state index in [4.69, 9.17) is 9.47 Å². The van der Waals surface area contributed by atoms with E-state index in [0.717, 1.165) is 62.1 Å². The zero-order valence-electron chi connectivity index (χ0n) is 15.8. The number of rotatable bonds is 6. The van der Waals surface area contributed by atoms with Gasteiger partial charge in [-0.3, -0.25) is 4.90 Å². The molecule has 0 saturated carbocycles. The molecular formula is C20H25N5O2. The number of aromatic nitrogens is 3. The number of piperazine rings is 1. The van der Waals surface area contributed by atoms with Crippen molar-refractivity contribution >= 4 is 16.9 Å². The first-order valence-electron chi connectivity index (χ1n) is 9.25. The van der Waals surface area contributed by atoms with Crippen LogP contribution in [0.1, 0.15) is 5.56 Å². The summed E-state index contributed by atoms with van der Waals surface area (Å²) in [6, 6.07) is 5.91. The Balaban J connectivity index is 1.38. The highest BCUT2D eigenvalue weighted by atomic mass is 16.5. The molecule has 1 aliphatic rings. The monoisotopic (exact) mass is 367 g/mol. The molecule has 0 unspecified atom stereocenters. The largest absolute Gasteiger partial charge is 0.493 e. The highest BCUT2D eigenvalue weighted by molar-refractivity contribution is 5.86. The molecular weight excluding hydrogens is 342 g/mol. The van der Waals surface area contributed by atoms with Crippen LogP contribution in [0.4, 0.5) is 5.95 Å². The van der Waals surface area contributed by atoms with Crippen LogP contribution in [0, 0.1) is 0 Å². The number of hydrogen-bond acceptors (Lipinski definition) is 6. The number of aromatic amines is 1. The van der Waals surface area contributed by atoms with Gasteiger partial charge in [-0.1, -0.05) is 0 Å². The third kappa shape index (κ3) is 3.68. The van der Waals surface area contributed by atoms with Crippen molar-refractivity contribution in [1.29, 1.82) is 0 Å². The van der Waals surface area contributed by atoms with Crippen LogP contribution in [0.15, 0.2) is 36.8 Å². The summed E-state index contributed by atoms with van der Waals surface area (Å²) in [5, 5.41) is 1.20. The Labute approximate surface area is 158 Å². The first-order chi connectivity index (χ1) is 13.3. The smallest absolute Gasteiger partial charge is 0.225 e. The maximum atomic E-state index is 5.45. The van der Waals surface area contributed by atoms with Crippen LogP contribution in [0.2, 0.25) is 0 Å². The van der Waals surface area contributed by atoms with Crippen LogP contribution >= 0.6 is 0 Å². The molecule has 7 heteroatoms. The van der Waals surface area contributed by atoms with E-state index >= 15 is 0 Å². The first-order valence-corrected chi connectivity index (χ1v) is 9.25. The van der Waals surface area contributed by atoms with Crippen molar-refractivity contribution in [3.05, 3.63) is 42.4 Å². The second-order valence-corrected chi connectivity index (χ2v) is 6.69. The molecule has 0 aliphatic carbocycles. The van der Waals surface area contributed by atoms with E-state index in [2.05, 4.69) is 37.0 Å². The number of methoxy groups -OCH3 is 2. The molecule has 0 spiro atoms. The van der Waals surface area contributed by atoms with Crippen LogP contribution in [0.25, 0.3) is 10.9 Å². The lowest BCUT2D eigenvalue weighted by Crippen LogP contribution is -2.47. The second kappa shape index (κ2) is 7.84. The molecule has 0 amide bonds. The number of ether oxygens (including phenoxy) is 2. The second-order valence-electron chi connectivity index (χ2n) is 6.69. The number of benzene rings is 1. The van der Waals surface area contributed by atoms with E-state index < -0.39 is 0 Å². The molecule has 0 bridgehead atoms. The maximum Gasteiger partial charge on any atom is 0.225 e. The number of anilines is 1. The maximum absolute atomic E-state index is 5.45. The molecule has 4 rings (SSSR count). The molecule has 1 N–H and O–H groups in total. The molecule has 0 radical (unpaired) electrons. The number of nitrogens with one attached hydrogen (secondary N) is 1. The van der Waals surface area contributed by atoms with Crippen molar-refractivity contribution in [2.24, 2.45) is 0 Å². The zero-order chi connectivity index (χ0) is 18.6. The predicted octanol–water partition coefficient (Wildman–Crippen LogP) is 2.34. The Bertz CT molecular complexity index is 888. The molecule has 1 saturated heterocycles. The van der Waals surface area contributed by atoms with E-state index in [-0.39, 0.29) is 0 Å². The number of H-pyrrole nitrogens is 1. The fourth-order valence-corrected chi connectivity index (χ4v) is 3.62. The van der Waals surface area contributed by atoms with Crippen molar-refractivity contribution in [2.45, 2.75) is 6.42 Å². The molecule has 2 aromatic heterocycles. The average Bonchev–Trinajstić information content (AvgIpc) is 3.14. The summed E-state index contributed by atoms with van der Waals surface area (Å²) >= 11 is 0. The van der Waals surface area contributed by atoms with Gasteiger partial charge in [0.25, 0.3) is 0 Å². The summed E-state index contributed by atoms with van der Waals surface area (Å²) in [5.41, 5.74) is 2.38. The lowest BCUT2D eigenvalue weighted by Gasteiger charge is -2.34. The van der Waals surface area contributed by atoms with E-state index in [0.29, 0.717) is 0 Å². The summed E-state index contributed by atoms with van der Waals surface area (Å²) in [6.45, 7) is 5.01. The summed E-state index contributed by atoms with van der Waals surface area (Å²) in [4.78, 5) is 16.8. The van der Waals surface area contributed by atoms with E-state index in [1.807, 2.05) is 12.1 Å². The summed E-state index contributed by atoms with van der Waals surface area (Å²) in [7, 11) is 3.33. The lowest BCUT2D eigenvalue weighted by molar-refractivity contribution is 0.260. The molecule has 1 aromatic carbocycles. The highest BCUT2D eigenvalue weighted by Crippen LogP contribution is 2.33. The Morgan fingerprint density at radius 1 is 1.00 bits per heavy atom. The first kappa shape index (κ1) is 17.6. The Hall–Kier alpha value is -2.80. The van der Waals surface area contributed by atoms with Gasteiger partial charge in [-0.05, 0) is 24.1 Å². The summed E-state index contributed by atoms with van der Waals surface area (Å²) < 4.78 is 10.8. The number of hydrogen-bond donors (Lipinski definition) is 1. The van der Waals surface area contributed by atoms with E-state index in [9.17, 15) is 0 Å². The minimum Gasteiger partial charge on any atom is -0.493 e. The summed E-state index contributed by atoms with van der Waals surface area (Å²) in [6.07, 6.45) is 6.69. The topological polar surface area (TPSA) is 66.5 Å². The molecule has 27 heavy (non-hydrogen) atoms. The summed E-state index contributed by atoms with van der Waals surface area (Å²) in [5.74, 6) is 2.34. The molecule has 0 atom stereocenters. The minimum atomic E-state index is 0.748. The molecule has 3 heterocycles. The fraction of sp³-hybridized carbons (Fsp3) is 0.400. The standard InChI is InChI=1S/C20H25N5O2/c1-26-18-12-16-15(14-23-17(16)13-19(18)27-2)4-7-24-8-10-25(11-9-24)20-21-5-3-6-22-20/h3,5-6,12-14,23H,4,7-11H2,1-2H3. The fourth-order valence-electron chi connectivity index (χ4n) is 3.62. The van der Waals surface area contributed by atoms with Gasteiger partial charge in [0.2, 0.25) is 5.95 Å². The van der Waals surface area contributed by atoms with Gasteiger partial charge in [-0.25, -0.2) is 9.97 Å². The molecule has 3 aromatic rings. The minimum absolute atomic E-state index is 0.748. The van der Waals surface area contributed by atoms with Crippen molar-refractivity contribution in [3.8, 4) is 11.5 Å². The Kier molecular flexibility index (Phi) is 5.11. The van der Waals surface area contributed by atoms with E-state index in [1.54, 1.807) is 26.6 Å². The molecule has 1 fully saturated rings. The van der Waals surface area contributed by atoms with Gasteiger partial charge in [0.15, 0.2) is 11.5 Å². The van der Waals surface area contributed by atoms with Crippen LogP contribution in [-0.2, 0) is 6.42 Å². The lowest BCUT2D eigenvalue weighted by atomic mass is 10.1. The van der Waals surface area contributed by atoms with Gasteiger partial charge < -0.3 is 19.4 Å². The quantitative estimate of drug-likeness (QED) is 0.721. The average molecular weight is 367 g/mol.